The average molecular weight is 237 g/mol. The quantitative estimate of drug-likeness (QED) is 0.425. The molecule has 0 saturated carbocycles. The zero-order valence-corrected chi connectivity index (χ0v) is 9.37. The van der Waals surface area contributed by atoms with Crippen LogP contribution in [0.4, 0.5) is 0 Å². The van der Waals surface area contributed by atoms with Crippen molar-refractivity contribution in [2.24, 2.45) is 0 Å². The summed E-state index contributed by atoms with van der Waals surface area (Å²) >= 11 is 0.527. The van der Waals surface area contributed by atoms with E-state index in [0.717, 1.165) is 6.54 Å². The predicted octanol–water partition coefficient (Wildman–Crippen LogP) is 1.68. The van der Waals surface area contributed by atoms with Gasteiger partial charge in [0.15, 0.2) is 0 Å². The van der Waals surface area contributed by atoms with Crippen LogP contribution in [0.5, 0.6) is 0 Å². The summed E-state index contributed by atoms with van der Waals surface area (Å²) in [6, 6.07) is 8.63. The van der Waals surface area contributed by atoms with E-state index in [4.69, 9.17) is 0 Å². The average Bonchev–Trinajstić information content (AvgIpc) is 2.44. The summed E-state index contributed by atoms with van der Waals surface area (Å²) in [6.07, 6.45) is 1.96. The van der Waals surface area contributed by atoms with E-state index in [1.54, 1.807) is 0 Å². The number of hydrogen-bond acceptors (Lipinski definition) is 0. The Morgan fingerprint density at radius 1 is 1.46 bits per heavy atom. The van der Waals surface area contributed by atoms with E-state index in [1.807, 2.05) is 6.08 Å². The van der Waals surface area contributed by atoms with E-state index in [-0.39, 0.29) is 0 Å². The van der Waals surface area contributed by atoms with Gasteiger partial charge in [-0.1, -0.05) is 0 Å². The number of benzene rings is 1. The fraction of sp³-hybridized carbons (Fsp3) is 0.182. The maximum atomic E-state index is 3.78. The number of rotatable bonds is 2. The summed E-state index contributed by atoms with van der Waals surface area (Å²) in [5.41, 5.74) is 1.37. The van der Waals surface area contributed by atoms with E-state index in [0.29, 0.717) is 14.5 Å². The molecule has 0 radical (unpaired) electrons. The number of nitrogens with zero attached hydrogens (tertiary/aromatic N) is 1. The van der Waals surface area contributed by atoms with Crippen molar-refractivity contribution in [1.29, 1.82) is 0 Å². The van der Waals surface area contributed by atoms with Crippen LogP contribution in [-0.4, -0.2) is 14.5 Å². The van der Waals surface area contributed by atoms with Gasteiger partial charge >= 0.3 is 83.8 Å². The first-order chi connectivity index (χ1) is 6.33. The van der Waals surface area contributed by atoms with Crippen molar-refractivity contribution in [1.82, 2.24) is 0 Å². The first-order valence-electron chi connectivity index (χ1n) is 4.32. The molecule has 13 heavy (non-hydrogen) atoms. The summed E-state index contributed by atoms with van der Waals surface area (Å²) in [4.78, 5) is 0. The van der Waals surface area contributed by atoms with Crippen LogP contribution in [0, 0.1) is 6.92 Å². The Hall–Kier alpha value is -0.851. The molecule has 0 aliphatic heterocycles. The van der Waals surface area contributed by atoms with Crippen molar-refractivity contribution < 1.29 is 4.57 Å². The predicted molar refractivity (Wildman–Crippen MR) is 56.0 cm³/mol. The minimum absolute atomic E-state index is 0.527. The second-order valence-electron chi connectivity index (χ2n) is 2.99. The molecular weight excluding hydrogens is 225 g/mol. The molecule has 1 aromatic heterocycles. The van der Waals surface area contributed by atoms with Gasteiger partial charge in [0.25, 0.3) is 0 Å². The monoisotopic (exact) mass is 238 g/mol. The molecule has 0 bridgehead atoms. The Morgan fingerprint density at radius 2 is 2.23 bits per heavy atom. The molecule has 1 nitrogen and oxygen atoms in total. The van der Waals surface area contributed by atoms with Crippen molar-refractivity contribution in [3.05, 3.63) is 41.5 Å². The van der Waals surface area contributed by atoms with Crippen molar-refractivity contribution in [2.45, 2.75) is 13.5 Å². The van der Waals surface area contributed by atoms with Gasteiger partial charge in [-0.25, -0.2) is 0 Å². The standard InChI is InChI=1S/C11H12NSe/c1-3-8-12-9(2)13-11-7-5-4-6-10(11)12/h3-7H,1,8H2,2H3/q+1. The number of para-hydroxylation sites is 1. The first-order valence-corrected chi connectivity index (χ1v) is 6.03. The van der Waals surface area contributed by atoms with Crippen LogP contribution in [0.1, 0.15) is 4.57 Å². The minimum atomic E-state index is 0.527. The molecule has 2 heteroatoms. The molecule has 0 aliphatic carbocycles. The third-order valence-electron chi connectivity index (χ3n) is 2.11. The van der Waals surface area contributed by atoms with Crippen LogP contribution >= 0.6 is 0 Å². The number of fused-ring (bicyclic) bond motifs is 1. The molecule has 0 fully saturated rings. The van der Waals surface area contributed by atoms with Gasteiger partial charge in [0, 0.05) is 0 Å². The number of aromatic nitrogens is 1. The van der Waals surface area contributed by atoms with Crippen LogP contribution in [0.2, 0.25) is 0 Å². The molecule has 0 saturated heterocycles. The van der Waals surface area contributed by atoms with E-state index < -0.39 is 0 Å². The van der Waals surface area contributed by atoms with Gasteiger partial charge in [-0.05, 0) is 0 Å². The maximum absolute atomic E-state index is 3.78. The number of hydrogen-bond donors (Lipinski definition) is 0. The van der Waals surface area contributed by atoms with Gasteiger partial charge in [-0.15, -0.1) is 0 Å². The SMILES string of the molecule is C=CC[n+]1c(C)[se]c2ccccc21. The Kier molecular flexibility index (Phi) is 2.34. The summed E-state index contributed by atoms with van der Waals surface area (Å²) in [5, 5.41) is 0. The molecule has 2 aromatic rings. The summed E-state index contributed by atoms with van der Waals surface area (Å²) in [7, 11) is 0. The molecule has 0 atom stereocenters. The molecule has 66 valence electrons. The number of allylic oxidation sites excluding steroid dienone is 1. The molecule has 0 unspecified atom stereocenters. The summed E-state index contributed by atoms with van der Waals surface area (Å²) in [6.45, 7) is 6.93. The second-order valence-corrected chi connectivity index (χ2v) is 5.58. The zero-order valence-electron chi connectivity index (χ0n) is 7.66. The van der Waals surface area contributed by atoms with E-state index >= 15 is 0 Å². The van der Waals surface area contributed by atoms with Gasteiger partial charge in [0.1, 0.15) is 0 Å². The molecular formula is C11H12NSe+. The first kappa shape index (κ1) is 8.73. The molecule has 0 spiro atoms. The second kappa shape index (κ2) is 3.49. The van der Waals surface area contributed by atoms with Gasteiger partial charge in [0.05, 0.1) is 0 Å². The van der Waals surface area contributed by atoms with Gasteiger partial charge < -0.3 is 0 Å². The Balaban J connectivity index is 2.70. The molecule has 0 N–H and O–H groups in total. The van der Waals surface area contributed by atoms with Crippen molar-refractivity contribution >= 4 is 24.3 Å². The van der Waals surface area contributed by atoms with Crippen LogP contribution < -0.4 is 4.57 Å². The van der Waals surface area contributed by atoms with Crippen LogP contribution in [-0.2, 0) is 6.54 Å². The number of aryl methyl sites for hydroxylation is 1. The zero-order chi connectivity index (χ0) is 9.26. The van der Waals surface area contributed by atoms with Gasteiger partial charge in [-0.3, -0.25) is 0 Å². The van der Waals surface area contributed by atoms with E-state index in [2.05, 4.69) is 42.3 Å². The Labute approximate surface area is 84.1 Å². The molecule has 0 amide bonds. The van der Waals surface area contributed by atoms with Crippen LogP contribution in [0.25, 0.3) is 9.78 Å². The van der Waals surface area contributed by atoms with Crippen molar-refractivity contribution in [2.75, 3.05) is 0 Å². The normalized spacial score (nSPS) is 10.5. The van der Waals surface area contributed by atoms with Crippen LogP contribution in [0.15, 0.2) is 36.9 Å². The third kappa shape index (κ3) is 1.48. The van der Waals surface area contributed by atoms with Gasteiger partial charge in [0.2, 0.25) is 0 Å². The molecule has 1 aromatic carbocycles. The fourth-order valence-electron chi connectivity index (χ4n) is 1.51. The van der Waals surface area contributed by atoms with Crippen molar-refractivity contribution in [3.8, 4) is 0 Å². The van der Waals surface area contributed by atoms with Gasteiger partial charge in [-0.2, -0.15) is 0 Å². The summed E-state index contributed by atoms with van der Waals surface area (Å²) < 4.78 is 5.32. The molecule has 1 heterocycles. The molecule has 0 aliphatic rings. The van der Waals surface area contributed by atoms with E-state index in [1.165, 1.54) is 14.3 Å². The topological polar surface area (TPSA) is 3.88 Å². The Morgan fingerprint density at radius 3 is 3.00 bits per heavy atom. The molecule has 2 rings (SSSR count). The summed E-state index contributed by atoms with van der Waals surface area (Å²) in [5.74, 6) is 0. The van der Waals surface area contributed by atoms with Crippen molar-refractivity contribution in [3.63, 3.8) is 0 Å². The van der Waals surface area contributed by atoms with Crippen LogP contribution in [0.3, 0.4) is 0 Å². The Bertz CT molecular complexity index is 442. The fourth-order valence-corrected chi connectivity index (χ4v) is 3.67. The third-order valence-corrected chi connectivity index (χ3v) is 4.37. The van der Waals surface area contributed by atoms with E-state index in [9.17, 15) is 0 Å².